The number of unbranched alkanes of at least 4 members (excludes halogenated alkanes) is 1. The lowest BCUT2D eigenvalue weighted by molar-refractivity contribution is -0.138. The van der Waals surface area contributed by atoms with Gasteiger partial charge in [0.25, 0.3) is 0 Å². The second-order valence-corrected chi connectivity index (χ2v) is 9.70. The van der Waals surface area contributed by atoms with Crippen LogP contribution in [-0.4, -0.2) is 92.8 Å². The van der Waals surface area contributed by atoms with Gasteiger partial charge in [0.2, 0.25) is 0 Å². The number of alkyl halides is 1. The van der Waals surface area contributed by atoms with Crippen molar-refractivity contribution in [1.82, 2.24) is 29.6 Å². The molecule has 3 aromatic heterocycles. The second-order valence-electron chi connectivity index (χ2n) is 9.70. The summed E-state index contributed by atoms with van der Waals surface area (Å²) in [5.41, 5.74) is 2.93. The number of methoxy groups -OCH3 is 1. The van der Waals surface area contributed by atoms with E-state index in [4.69, 9.17) is 9.72 Å². The number of rotatable bonds is 15. The van der Waals surface area contributed by atoms with Crippen LogP contribution < -0.4 is 10.6 Å². The fraction of sp³-hybridized carbons (Fsp3) is 0.577. The molecule has 206 valence electrons. The smallest absolute Gasteiger partial charge is 0.326 e. The minimum Gasteiger partial charge on any atom is -0.480 e. The van der Waals surface area contributed by atoms with Crippen molar-refractivity contribution in [3.8, 4) is 0 Å². The Labute approximate surface area is 221 Å². The zero-order valence-electron chi connectivity index (χ0n) is 22.1. The molecule has 0 spiro atoms. The predicted molar refractivity (Wildman–Crippen MR) is 143 cm³/mol. The van der Waals surface area contributed by atoms with Gasteiger partial charge in [-0.1, -0.05) is 6.07 Å². The first kappa shape index (κ1) is 27.6. The third-order valence-electron chi connectivity index (χ3n) is 6.79. The topological polar surface area (TPSA) is 130 Å². The maximum absolute atomic E-state index is 14.5. The minimum absolute atomic E-state index is 0.00305. The Balaban J connectivity index is 1.33. The van der Waals surface area contributed by atoms with E-state index in [9.17, 15) is 14.3 Å². The lowest BCUT2D eigenvalue weighted by Gasteiger charge is -2.26. The number of pyridine rings is 1. The van der Waals surface area contributed by atoms with E-state index >= 15 is 0 Å². The van der Waals surface area contributed by atoms with Gasteiger partial charge < -0.3 is 25.4 Å². The molecule has 1 unspecified atom stereocenters. The molecule has 0 saturated carbocycles. The van der Waals surface area contributed by atoms with Crippen LogP contribution in [0.4, 0.5) is 16.0 Å². The van der Waals surface area contributed by atoms with Crippen LogP contribution >= 0.6 is 0 Å². The maximum atomic E-state index is 14.5. The van der Waals surface area contributed by atoms with Crippen molar-refractivity contribution in [1.29, 1.82) is 0 Å². The van der Waals surface area contributed by atoms with E-state index in [2.05, 4.69) is 37.8 Å². The summed E-state index contributed by atoms with van der Waals surface area (Å²) in [6, 6.07) is 3.35. The quantitative estimate of drug-likeness (QED) is 0.253. The average Bonchev–Trinajstić information content (AvgIpc) is 3.30. The van der Waals surface area contributed by atoms with Crippen molar-refractivity contribution in [2.24, 2.45) is 7.05 Å². The molecule has 12 heteroatoms. The van der Waals surface area contributed by atoms with E-state index in [-0.39, 0.29) is 19.6 Å². The second kappa shape index (κ2) is 13.4. The average molecular weight is 529 g/mol. The van der Waals surface area contributed by atoms with E-state index in [1.165, 1.54) is 19.0 Å². The standard InChI is InChI=1S/C26H37FN8O3/c1-34-25-21(14-31-34)24(29-17-30-25)33-22(26(36)37)10-13-35(15-19(27)16-38-2)12-4-3-7-20-9-8-18-6-5-11-28-23(18)32-20/h8-9,14,17,19,22H,3-7,10-13,15-16H2,1-2H3,(H,28,32)(H,36,37)(H,29,30,33)/t19-,22?/m0/s1. The van der Waals surface area contributed by atoms with E-state index in [0.29, 0.717) is 29.9 Å². The molecule has 0 aromatic carbocycles. The van der Waals surface area contributed by atoms with E-state index in [1.54, 1.807) is 17.9 Å². The molecule has 4 heterocycles. The van der Waals surface area contributed by atoms with Crippen LogP contribution in [0.15, 0.2) is 24.7 Å². The van der Waals surface area contributed by atoms with Gasteiger partial charge in [0, 0.05) is 39.5 Å². The van der Waals surface area contributed by atoms with Crippen molar-refractivity contribution < 1.29 is 19.0 Å². The number of carboxylic acid groups (broad SMARTS) is 1. The molecule has 0 radical (unpaired) electrons. The number of aliphatic carboxylic acids is 1. The summed E-state index contributed by atoms with van der Waals surface area (Å²) in [6.45, 7) is 2.21. The molecule has 1 aliphatic rings. The summed E-state index contributed by atoms with van der Waals surface area (Å²) in [7, 11) is 3.24. The number of nitrogens with zero attached hydrogens (tertiary/aromatic N) is 6. The number of nitrogens with one attached hydrogen (secondary N) is 2. The normalized spacial score (nSPS) is 14.7. The number of hydrogen-bond donors (Lipinski definition) is 3. The summed E-state index contributed by atoms with van der Waals surface area (Å²) in [5.74, 6) is 0.410. The summed E-state index contributed by atoms with van der Waals surface area (Å²) in [5, 5.41) is 21.1. The van der Waals surface area contributed by atoms with Gasteiger partial charge in [-0.2, -0.15) is 5.10 Å². The van der Waals surface area contributed by atoms with Crippen molar-refractivity contribution in [2.75, 3.05) is 50.5 Å². The Morgan fingerprint density at radius 3 is 3.00 bits per heavy atom. The van der Waals surface area contributed by atoms with Crippen LogP contribution in [0, 0.1) is 0 Å². The molecule has 0 fully saturated rings. The Hall–Kier alpha value is -3.38. The molecule has 38 heavy (non-hydrogen) atoms. The lowest BCUT2D eigenvalue weighted by atomic mass is 10.1. The minimum atomic E-state index is -1.15. The first-order valence-electron chi connectivity index (χ1n) is 13.1. The molecule has 0 aliphatic carbocycles. The summed E-state index contributed by atoms with van der Waals surface area (Å²) in [4.78, 5) is 27.2. The maximum Gasteiger partial charge on any atom is 0.326 e. The number of aromatic nitrogens is 5. The fourth-order valence-electron chi connectivity index (χ4n) is 4.77. The molecule has 3 N–H and O–H groups in total. The van der Waals surface area contributed by atoms with Crippen LogP contribution in [0.5, 0.6) is 0 Å². The van der Waals surface area contributed by atoms with Crippen LogP contribution in [0.1, 0.15) is 36.9 Å². The van der Waals surface area contributed by atoms with Crippen LogP contribution in [0.2, 0.25) is 0 Å². The highest BCUT2D eigenvalue weighted by Crippen LogP contribution is 2.21. The fourth-order valence-corrected chi connectivity index (χ4v) is 4.77. The molecular weight excluding hydrogens is 491 g/mol. The number of aryl methyl sites for hydroxylation is 3. The highest BCUT2D eigenvalue weighted by molar-refractivity contribution is 5.88. The van der Waals surface area contributed by atoms with E-state index < -0.39 is 18.2 Å². The third kappa shape index (κ3) is 7.35. The molecular formula is C26H37FN8O3. The van der Waals surface area contributed by atoms with Gasteiger partial charge in [-0.25, -0.2) is 24.1 Å². The Kier molecular flexibility index (Phi) is 9.77. The largest absolute Gasteiger partial charge is 0.480 e. The molecule has 3 aromatic rings. The van der Waals surface area contributed by atoms with Crippen molar-refractivity contribution in [2.45, 2.75) is 50.7 Å². The highest BCUT2D eigenvalue weighted by Gasteiger charge is 2.22. The first-order chi connectivity index (χ1) is 18.4. The molecule has 1 aliphatic heterocycles. The molecule has 0 amide bonds. The van der Waals surface area contributed by atoms with E-state index in [0.717, 1.165) is 50.2 Å². The Morgan fingerprint density at radius 2 is 2.18 bits per heavy atom. The molecule has 4 rings (SSSR count). The monoisotopic (exact) mass is 528 g/mol. The number of carbonyl (C=O) groups is 1. The molecule has 0 saturated heterocycles. The molecule has 0 bridgehead atoms. The Bertz CT molecular complexity index is 1210. The van der Waals surface area contributed by atoms with Gasteiger partial charge in [0.05, 0.1) is 18.2 Å². The zero-order valence-corrected chi connectivity index (χ0v) is 22.1. The molecule has 2 atom stereocenters. The van der Waals surface area contributed by atoms with Crippen LogP contribution in [-0.2, 0) is 29.4 Å². The zero-order chi connectivity index (χ0) is 26.9. The Morgan fingerprint density at radius 1 is 1.32 bits per heavy atom. The first-order valence-corrected chi connectivity index (χ1v) is 13.1. The highest BCUT2D eigenvalue weighted by atomic mass is 19.1. The van der Waals surface area contributed by atoms with Gasteiger partial charge >= 0.3 is 5.97 Å². The number of halogens is 1. The third-order valence-corrected chi connectivity index (χ3v) is 6.79. The summed E-state index contributed by atoms with van der Waals surface area (Å²) >= 11 is 0. The number of carboxylic acids is 1. The SMILES string of the molecule is COC[C@@H](F)CN(CCCCc1ccc2c(n1)NCCC2)CCC(Nc1ncnc2c1cnn2C)C(=O)O. The van der Waals surface area contributed by atoms with Crippen molar-refractivity contribution >= 4 is 28.6 Å². The van der Waals surface area contributed by atoms with Gasteiger partial charge in [0.1, 0.15) is 30.2 Å². The lowest BCUT2D eigenvalue weighted by Crippen LogP contribution is -2.38. The van der Waals surface area contributed by atoms with Gasteiger partial charge in [-0.15, -0.1) is 0 Å². The van der Waals surface area contributed by atoms with Gasteiger partial charge in [-0.05, 0) is 56.7 Å². The van der Waals surface area contributed by atoms with Crippen LogP contribution in [0.25, 0.3) is 11.0 Å². The number of ether oxygens (including phenoxy) is 1. The van der Waals surface area contributed by atoms with Crippen molar-refractivity contribution in [3.05, 3.63) is 35.9 Å². The van der Waals surface area contributed by atoms with Crippen molar-refractivity contribution in [3.63, 3.8) is 0 Å². The predicted octanol–water partition coefficient (Wildman–Crippen LogP) is 2.68. The van der Waals surface area contributed by atoms with Gasteiger partial charge in [-0.3, -0.25) is 4.68 Å². The number of anilines is 2. The number of hydrogen-bond acceptors (Lipinski definition) is 9. The summed E-state index contributed by atoms with van der Waals surface area (Å²) in [6.07, 6.45) is 6.90. The van der Waals surface area contributed by atoms with E-state index in [1.807, 2.05) is 4.90 Å². The molecule has 11 nitrogen and oxygen atoms in total. The summed E-state index contributed by atoms with van der Waals surface area (Å²) < 4.78 is 21.0. The van der Waals surface area contributed by atoms with Crippen LogP contribution in [0.3, 0.4) is 0 Å². The van der Waals surface area contributed by atoms with Gasteiger partial charge in [0.15, 0.2) is 5.65 Å². The number of fused-ring (bicyclic) bond motifs is 2.